The van der Waals surface area contributed by atoms with E-state index in [1.165, 1.54) is 19.2 Å². The van der Waals surface area contributed by atoms with E-state index in [4.69, 9.17) is 9.15 Å². The second-order valence-electron chi connectivity index (χ2n) is 12.3. The van der Waals surface area contributed by atoms with Crippen LogP contribution in [0, 0.1) is 11.7 Å². The van der Waals surface area contributed by atoms with E-state index in [0.29, 0.717) is 10.5 Å². The molecule has 250 valence electrons. The molecule has 0 N–H and O–H groups in total. The van der Waals surface area contributed by atoms with Gasteiger partial charge in [-0.1, -0.05) is 24.3 Å². The minimum atomic E-state index is -5.19. The van der Waals surface area contributed by atoms with Crippen molar-refractivity contribution in [3.8, 4) is 11.5 Å². The zero-order valence-electron chi connectivity index (χ0n) is 25.7. The van der Waals surface area contributed by atoms with E-state index in [-0.39, 0.29) is 54.7 Å². The predicted molar refractivity (Wildman–Crippen MR) is 160 cm³/mol. The Morgan fingerprint density at radius 1 is 1.09 bits per heavy atom. The first-order chi connectivity index (χ1) is 22.3. The first kappa shape index (κ1) is 32.5. The Morgan fingerprint density at radius 3 is 2.51 bits per heavy atom. The van der Waals surface area contributed by atoms with Gasteiger partial charge in [0.05, 0.1) is 37.6 Å². The lowest BCUT2D eigenvalue weighted by Gasteiger charge is -2.39. The van der Waals surface area contributed by atoms with E-state index in [9.17, 15) is 31.9 Å². The second-order valence-corrected chi connectivity index (χ2v) is 12.3. The number of methoxy groups -OCH3 is 1. The van der Waals surface area contributed by atoms with Crippen LogP contribution in [-0.2, 0) is 32.6 Å². The Bertz CT molecular complexity index is 1830. The van der Waals surface area contributed by atoms with Crippen LogP contribution in [0.25, 0.3) is 33.5 Å². The Labute approximate surface area is 266 Å². The first-order valence-corrected chi connectivity index (χ1v) is 15.4. The fraction of sp³-hybridized carbons (Fsp3) is 0.455. The maximum absolute atomic E-state index is 15.7. The van der Waals surface area contributed by atoms with Gasteiger partial charge in [-0.15, -0.1) is 0 Å². The molecule has 9 nitrogen and oxygen atoms in total. The molecule has 1 aliphatic heterocycles. The summed E-state index contributed by atoms with van der Waals surface area (Å²) >= 11 is 0. The van der Waals surface area contributed by atoms with Gasteiger partial charge in [0, 0.05) is 48.7 Å². The quantitative estimate of drug-likeness (QED) is 0.186. The van der Waals surface area contributed by atoms with Crippen molar-refractivity contribution in [2.45, 2.75) is 63.0 Å². The number of nitrogens with zero attached hydrogens (tertiary/aromatic N) is 4. The van der Waals surface area contributed by atoms with Crippen molar-refractivity contribution in [1.82, 2.24) is 19.4 Å². The number of aromatic nitrogens is 2. The molecule has 2 aromatic carbocycles. The number of ether oxygens (including phenoxy) is 1. The molecule has 2 fully saturated rings. The van der Waals surface area contributed by atoms with E-state index in [2.05, 4.69) is 4.98 Å². The van der Waals surface area contributed by atoms with Gasteiger partial charge in [0.25, 0.3) is 0 Å². The van der Waals surface area contributed by atoms with E-state index in [1.54, 1.807) is 0 Å². The molecule has 0 spiro atoms. The third-order valence-corrected chi connectivity index (χ3v) is 9.31. The predicted octanol–water partition coefficient (Wildman–Crippen LogP) is 5.73. The Kier molecular flexibility index (Phi) is 8.70. The normalized spacial score (nSPS) is 21.8. The van der Waals surface area contributed by atoms with Crippen LogP contribution in [0.3, 0.4) is 0 Å². The fourth-order valence-electron chi connectivity index (χ4n) is 6.94. The second kappa shape index (κ2) is 12.6. The average molecular weight is 661 g/mol. The molecule has 0 radical (unpaired) electrons. The lowest BCUT2D eigenvalue weighted by molar-refractivity contribution is -0.189. The fourth-order valence-corrected chi connectivity index (χ4v) is 6.94. The molecular weight excluding hydrogens is 627 g/mol. The van der Waals surface area contributed by atoms with Crippen LogP contribution in [0.5, 0.6) is 0 Å². The summed E-state index contributed by atoms with van der Waals surface area (Å²) in [5, 5.41) is 0.854. The zero-order valence-corrected chi connectivity index (χ0v) is 25.7. The number of rotatable bonds is 7. The lowest BCUT2D eigenvalue weighted by Crippen LogP contribution is -2.54. The van der Waals surface area contributed by atoms with Gasteiger partial charge in [-0.2, -0.15) is 13.2 Å². The van der Waals surface area contributed by atoms with Gasteiger partial charge in [-0.05, 0) is 37.8 Å². The van der Waals surface area contributed by atoms with E-state index < -0.39 is 73.5 Å². The number of carbonyl (C=O) groups excluding carboxylic acids is 3. The summed E-state index contributed by atoms with van der Waals surface area (Å²) in [6.45, 7) is -0.944. The molecule has 4 aromatic rings. The third-order valence-electron chi connectivity index (χ3n) is 9.31. The molecular formula is C33H33F5N4O5. The van der Waals surface area contributed by atoms with Crippen LogP contribution in [0.4, 0.5) is 22.0 Å². The Balaban J connectivity index is 1.21. The van der Waals surface area contributed by atoms with Gasteiger partial charge in [-0.3, -0.25) is 14.4 Å². The van der Waals surface area contributed by atoms with Crippen molar-refractivity contribution >= 4 is 39.8 Å². The summed E-state index contributed by atoms with van der Waals surface area (Å²) in [4.78, 5) is 44.2. The Morgan fingerprint density at radius 2 is 1.81 bits per heavy atom. The summed E-state index contributed by atoms with van der Waals surface area (Å²) in [6, 6.07) is 8.53. The summed E-state index contributed by atoms with van der Waals surface area (Å²) < 4.78 is 84.0. The summed E-state index contributed by atoms with van der Waals surface area (Å²) in [7, 11) is 3.09. The number of oxazole rings is 1. The van der Waals surface area contributed by atoms with Crippen molar-refractivity contribution in [2.24, 2.45) is 13.0 Å². The summed E-state index contributed by atoms with van der Waals surface area (Å²) in [5.41, 5.74) is 1.60. The molecule has 1 saturated carbocycles. The molecule has 3 heterocycles. The van der Waals surface area contributed by atoms with E-state index in [1.807, 2.05) is 42.1 Å². The summed E-state index contributed by atoms with van der Waals surface area (Å²) in [5.74, 6) is -4.37. The number of fused-ring (bicyclic) bond motifs is 2. The number of amides is 2. The number of likely N-dealkylation sites (tertiary alicyclic amines) is 1. The highest BCUT2D eigenvalue weighted by molar-refractivity contribution is 5.95. The molecule has 1 aliphatic carbocycles. The van der Waals surface area contributed by atoms with Gasteiger partial charge in [0.2, 0.25) is 11.8 Å². The van der Waals surface area contributed by atoms with Crippen LogP contribution >= 0.6 is 0 Å². The van der Waals surface area contributed by atoms with Gasteiger partial charge in [0.1, 0.15) is 11.7 Å². The molecule has 1 saturated heterocycles. The highest BCUT2D eigenvalue weighted by Gasteiger charge is 2.48. The molecule has 6 rings (SSSR count). The smallest absolute Gasteiger partial charge is 0.469 e. The summed E-state index contributed by atoms with van der Waals surface area (Å²) in [6.07, 6.45) is -5.01. The molecule has 2 atom stereocenters. The monoisotopic (exact) mass is 660 g/mol. The first-order valence-electron chi connectivity index (χ1n) is 15.4. The minimum Gasteiger partial charge on any atom is -0.469 e. The minimum absolute atomic E-state index is 0.0477. The van der Waals surface area contributed by atoms with Crippen molar-refractivity contribution < 1.29 is 45.5 Å². The highest BCUT2D eigenvalue weighted by atomic mass is 19.4. The van der Waals surface area contributed by atoms with Crippen molar-refractivity contribution in [1.29, 1.82) is 0 Å². The maximum Gasteiger partial charge on any atom is 0.471 e. The molecule has 0 bridgehead atoms. The van der Waals surface area contributed by atoms with Crippen molar-refractivity contribution in [3.05, 3.63) is 54.0 Å². The van der Waals surface area contributed by atoms with E-state index in [0.717, 1.165) is 15.8 Å². The molecule has 2 aromatic heterocycles. The van der Waals surface area contributed by atoms with Crippen LogP contribution < -0.4 is 0 Å². The molecule has 2 aliphatic rings. The molecule has 47 heavy (non-hydrogen) atoms. The van der Waals surface area contributed by atoms with Gasteiger partial charge in [0.15, 0.2) is 11.4 Å². The average Bonchev–Trinajstić information content (AvgIpc) is 3.75. The topological polar surface area (TPSA) is 97.9 Å². The van der Waals surface area contributed by atoms with E-state index >= 15 is 4.39 Å². The zero-order chi connectivity index (χ0) is 33.6. The molecule has 0 unspecified atom stereocenters. The van der Waals surface area contributed by atoms with Crippen molar-refractivity contribution in [2.75, 3.05) is 20.2 Å². The molecule has 14 heteroatoms. The molecule has 2 amide bonds. The number of hydrogen-bond donors (Lipinski definition) is 0. The number of alkyl halides is 4. The van der Waals surface area contributed by atoms with Crippen LogP contribution in [0.1, 0.15) is 37.7 Å². The highest BCUT2D eigenvalue weighted by Crippen LogP contribution is 2.35. The van der Waals surface area contributed by atoms with Crippen molar-refractivity contribution in [3.63, 3.8) is 0 Å². The lowest BCUT2D eigenvalue weighted by atomic mass is 9.85. The Hall–Kier alpha value is -4.49. The standard InChI is InChI=1S/C33H33F5N4O5/c1-40-17-24(23-5-3-4-6-26(23)40)30-39-25-12-9-19(28(35)29(25)47-30)13-27(43)41-15-20(34)14-22(41)16-42(32(45)33(36,37)38)21-10-7-18(8-11-21)31(44)46-2/h3-6,9,12,17-18,20-22H,7-8,10-11,13-16H2,1-2H3/t18-,20-,21-,22-/m0/s1. The SMILES string of the molecule is COC(=O)[C@H]1CC[C@H](N(C[C@@H]2C[C@H](F)CN2C(=O)Cc2ccc3nc(-c4cn(C)c5ccccc45)oc3c2F)C(=O)C(F)(F)F)CC1. The van der Waals surface area contributed by atoms with Gasteiger partial charge < -0.3 is 23.5 Å². The number of halogens is 5. The number of carbonyl (C=O) groups is 3. The number of esters is 1. The number of aryl methyl sites for hydroxylation is 1. The van der Waals surface area contributed by atoms with Gasteiger partial charge >= 0.3 is 18.1 Å². The number of benzene rings is 2. The van der Waals surface area contributed by atoms with Crippen LogP contribution in [0.15, 0.2) is 47.0 Å². The number of hydrogen-bond acceptors (Lipinski definition) is 6. The van der Waals surface area contributed by atoms with Gasteiger partial charge in [-0.25, -0.2) is 13.8 Å². The number of para-hydroxylation sites is 1. The third kappa shape index (κ3) is 6.29. The largest absolute Gasteiger partial charge is 0.471 e. The van der Waals surface area contributed by atoms with Crippen LogP contribution in [-0.4, -0.2) is 81.8 Å². The van der Waals surface area contributed by atoms with Crippen LogP contribution in [0.2, 0.25) is 0 Å². The maximum atomic E-state index is 15.7.